The van der Waals surface area contributed by atoms with Crippen molar-refractivity contribution >= 4 is 34.4 Å². The number of aryl methyl sites for hydroxylation is 2. The second kappa shape index (κ2) is 22.5. The van der Waals surface area contributed by atoms with Gasteiger partial charge in [0.05, 0.1) is 11.4 Å². The van der Waals surface area contributed by atoms with E-state index in [2.05, 4.69) is 52.1 Å². The van der Waals surface area contributed by atoms with Gasteiger partial charge in [0, 0.05) is 34.0 Å². The molecular weight excluding hydrogens is 579 g/mol. The van der Waals surface area contributed by atoms with Crippen LogP contribution in [-0.4, -0.2) is 11.5 Å². The average Bonchev–Trinajstić information content (AvgIpc) is 3.38. The summed E-state index contributed by atoms with van der Waals surface area (Å²) in [5, 5.41) is 4.17. The van der Waals surface area contributed by atoms with E-state index in [1.807, 2.05) is 45.9 Å². The van der Waals surface area contributed by atoms with Crippen LogP contribution in [0.15, 0.2) is 64.9 Å². The molecule has 0 bridgehead atoms. The van der Waals surface area contributed by atoms with Gasteiger partial charge in [-0.1, -0.05) is 119 Å². The second-order valence-electron chi connectivity index (χ2n) is 10.7. The van der Waals surface area contributed by atoms with Crippen molar-refractivity contribution < 1.29 is 9.18 Å². The lowest BCUT2D eigenvalue weighted by atomic mass is 9.86. The number of nitrogens with zero attached hydrogens (tertiary/aromatic N) is 1. The molecule has 2 aromatic carbocycles. The number of allylic oxidation sites excluding steroid dienone is 5. The molecule has 0 spiro atoms. The van der Waals surface area contributed by atoms with Crippen molar-refractivity contribution in [3.63, 3.8) is 0 Å². The van der Waals surface area contributed by atoms with Crippen molar-refractivity contribution in [2.75, 3.05) is 5.32 Å². The van der Waals surface area contributed by atoms with Gasteiger partial charge in [-0.05, 0) is 85.2 Å². The maximum atomic E-state index is 15.1. The van der Waals surface area contributed by atoms with Crippen LogP contribution in [0, 0.1) is 11.7 Å². The van der Waals surface area contributed by atoms with Crippen LogP contribution in [0.4, 0.5) is 10.1 Å². The van der Waals surface area contributed by atoms with E-state index in [9.17, 15) is 4.79 Å². The van der Waals surface area contributed by atoms with Crippen molar-refractivity contribution in [1.29, 1.82) is 0 Å². The third-order valence-corrected chi connectivity index (χ3v) is 8.01. The van der Waals surface area contributed by atoms with Crippen LogP contribution in [0.2, 0.25) is 5.02 Å². The molecule has 0 saturated carbocycles. The quantitative estimate of drug-likeness (QED) is 0.278. The number of aliphatic imine (C=N–C) groups is 1. The standard InChI is InChI=1S/C29H30ClFN2O.2C4H10.C2H6.CH4/c1-5-18-9-8-10-23-25(24-15-26(30)20(7-3)14-27(24)31)16-32-29(23)28(18)33-21-11-12-22(17(4)34)19(6-2)13-21;2*1-3-4-2;1-2;/h8-9,11-16,23,33H,5-7,10H2,1-4H3;2*3-4H2,1-2H3;1-2H3;1H4. The number of ketones is 1. The number of fused-ring (bicyclic) bond motifs is 1. The summed E-state index contributed by atoms with van der Waals surface area (Å²) in [5.74, 6) is -0.264. The van der Waals surface area contributed by atoms with Crippen molar-refractivity contribution in [2.24, 2.45) is 10.9 Å². The van der Waals surface area contributed by atoms with Gasteiger partial charge in [-0.3, -0.25) is 9.79 Å². The summed E-state index contributed by atoms with van der Waals surface area (Å²) in [6, 6.07) is 9.13. The topological polar surface area (TPSA) is 41.5 Å². The minimum Gasteiger partial charge on any atom is -0.354 e. The fourth-order valence-electron chi connectivity index (χ4n) is 4.77. The first-order valence-electron chi connectivity index (χ1n) is 16.8. The molecule has 2 aliphatic rings. The van der Waals surface area contributed by atoms with E-state index in [4.69, 9.17) is 16.6 Å². The van der Waals surface area contributed by atoms with Gasteiger partial charge in [0.1, 0.15) is 5.82 Å². The van der Waals surface area contributed by atoms with E-state index in [-0.39, 0.29) is 24.9 Å². The zero-order chi connectivity index (χ0) is 33.2. The number of rotatable bonds is 9. The highest BCUT2D eigenvalue weighted by atomic mass is 35.5. The lowest BCUT2D eigenvalue weighted by Gasteiger charge is -2.21. The molecule has 1 aliphatic heterocycles. The Morgan fingerprint density at radius 3 is 2.02 bits per heavy atom. The molecule has 1 aliphatic carbocycles. The fourth-order valence-corrected chi connectivity index (χ4v) is 5.06. The Bertz CT molecular complexity index is 1330. The van der Waals surface area contributed by atoms with Crippen LogP contribution < -0.4 is 5.32 Å². The minimum atomic E-state index is -0.265. The zero-order valence-corrected chi connectivity index (χ0v) is 29.7. The molecule has 0 fully saturated rings. The smallest absolute Gasteiger partial charge is 0.160 e. The van der Waals surface area contributed by atoms with Crippen molar-refractivity contribution in [2.45, 2.75) is 128 Å². The highest BCUT2D eigenvalue weighted by molar-refractivity contribution is 6.31. The largest absolute Gasteiger partial charge is 0.354 e. The van der Waals surface area contributed by atoms with Crippen molar-refractivity contribution in [3.05, 3.63) is 93.0 Å². The van der Waals surface area contributed by atoms with Gasteiger partial charge in [-0.25, -0.2) is 4.39 Å². The molecule has 1 unspecified atom stereocenters. The number of hydrogen-bond donors (Lipinski definition) is 1. The fraction of sp³-hybridized carbons (Fsp3) is 0.500. The predicted octanol–water partition coefficient (Wildman–Crippen LogP) is 13.2. The van der Waals surface area contributed by atoms with Gasteiger partial charge in [-0.15, -0.1) is 0 Å². The molecule has 1 heterocycles. The van der Waals surface area contributed by atoms with E-state index in [0.717, 1.165) is 64.2 Å². The normalized spacial score (nSPS) is 14.5. The molecule has 0 radical (unpaired) electrons. The van der Waals surface area contributed by atoms with E-state index < -0.39 is 0 Å². The summed E-state index contributed by atoms with van der Waals surface area (Å²) in [7, 11) is 0. The Kier molecular flexibility index (Phi) is 21.0. The number of nitrogens with one attached hydrogen (secondary N) is 1. The summed E-state index contributed by atoms with van der Waals surface area (Å²) in [6.45, 7) is 20.4. The molecule has 1 N–H and O–H groups in total. The second-order valence-corrected chi connectivity index (χ2v) is 11.1. The molecule has 0 saturated heterocycles. The highest BCUT2D eigenvalue weighted by Gasteiger charge is 2.32. The van der Waals surface area contributed by atoms with Gasteiger partial charge in [0.25, 0.3) is 0 Å². The number of carbonyl (C=O) groups excluding carboxylic acids is 1. The summed E-state index contributed by atoms with van der Waals surface area (Å²) in [5.41, 5.74) is 7.83. The molecule has 0 amide bonds. The number of benzene rings is 2. The van der Waals surface area contributed by atoms with E-state index >= 15 is 4.39 Å². The van der Waals surface area contributed by atoms with Crippen LogP contribution >= 0.6 is 11.6 Å². The molecule has 4 rings (SSSR count). The number of anilines is 1. The van der Waals surface area contributed by atoms with Crippen LogP contribution in [0.25, 0.3) is 5.57 Å². The van der Waals surface area contributed by atoms with E-state index in [1.54, 1.807) is 25.3 Å². The number of unbranched alkanes of at least 4 members (excludes halogenated alkanes) is 2. The van der Waals surface area contributed by atoms with Crippen molar-refractivity contribution in [1.82, 2.24) is 0 Å². The van der Waals surface area contributed by atoms with Crippen molar-refractivity contribution in [3.8, 4) is 0 Å². The SMILES string of the molecule is C.CC.CCC1=C(Nc2ccc(C(C)=O)c(CC)c2)C2=NC=C(c3cc(Cl)c(CC)cc3F)C2CC=C1.CCCC.CCCC. The summed E-state index contributed by atoms with van der Waals surface area (Å²) in [4.78, 5) is 16.8. The Labute approximate surface area is 280 Å². The van der Waals surface area contributed by atoms with Gasteiger partial charge in [-0.2, -0.15) is 0 Å². The highest BCUT2D eigenvalue weighted by Crippen LogP contribution is 2.40. The summed E-state index contributed by atoms with van der Waals surface area (Å²) >= 11 is 6.44. The van der Waals surface area contributed by atoms with Crippen LogP contribution in [0.3, 0.4) is 0 Å². The third kappa shape index (κ3) is 11.7. The number of carbonyl (C=O) groups is 1. The molecule has 5 heteroatoms. The van der Waals surface area contributed by atoms with Gasteiger partial charge in [0.2, 0.25) is 0 Å². The van der Waals surface area contributed by atoms with Gasteiger partial charge >= 0.3 is 0 Å². The van der Waals surface area contributed by atoms with Crippen LogP contribution in [0.1, 0.15) is 142 Å². The molecular formula is C40H60ClFN2O. The van der Waals surface area contributed by atoms with Gasteiger partial charge in [0.15, 0.2) is 5.78 Å². The minimum absolute atomic E-state index is 0. The van der Waals surface area contributed by atoms with E-state index in [0.29, 0.717) is 17.0 Å². The first-order valence-corrected chi connectivity index (χ1v) is 17.1. The average molecular weight is 639 g/mol. The molecule has 1 atom stereocenters. The molecule has 45 heavy (non-hydrogen) atoms. The maximum absolute atomic E-state index is 15.1. The maximum Gasteiger partial charge on any atom is 0.160 e. The Balaban J connectivity index is 0.00000155. The molecule has 3 nitrogen and oxygen atoms in total. The first-order chi connectivity index (χ1) is 21.2. The van der Waals surface area contributed by atoms with Gasteiger partial charge < -0.3 is 5.32 Å². The number of hydrogen-bond acceptors (Lipinski definition) is 3. The Morgan fingerprint density at radius 2 is 1.51 bits per heavy atom. The summed E-state index contributed by atoms with van der Waals surface area (Å²) in [6.07, 6.45) is 14.4. The lowest BCUT2D eigenvalue weighted by Crippen LogP contribution is -2.20. The molecule has 0 aromatic heterocycles. The predicted molar refractivity (Wildman–Crippen MR) is 199 cm³/mol. The number of halogens is 2. The van der Waals surface area contributed by atoms with Crippen LogP contribution in [-0.2, 0) is 12.8 Å². The lowest BCUT2D eigenvalue weighted by molar-refractivity contribution is 0.101. The number of Topliss-reactive ketones (excluding diaryl/α,β-unsaturated/α-hetero) is 1. The molecule has 2 aromatic rings. The summed E-state index contributed by atoms with van der Waals surface area (Å²) < 4.78 is 15.1. The first kappa shape index (κ1) is 42.0. The third-order valence-electron chi connectivity index (χ3n) is 7.66. The monoisotopic (exact) mass is 638 g/mol. The Hall–Kier alpha value is -2.98. The molecule has 250 valence electrons. The zero-order valence-electron chi connectivity index (χ0n) is 29.0. The Morgan fingerprint density at radius 1 is 0.911 bits per heavy atom. The van der Waals surface area contributed by atoms with Crippen LogP contribution in [0.5, 0.6) is 0 Å². The van der Waals surface area contributed by atoms with E-state index in [1.165, 1.54) is 25.7 Å².